The maximum Gasteiger partial charge on any atom is 0.228 e. The van der Waals surface area contributed by atoms with E-state index in [-0.39, 0.29) is 5.91 Å². The van der Waals surface area contributed by atoms with E-state index in [1.807, 2.05) is 23.1 Å². The van der Waals surface area contributed by atoms with Crippen LogP contribution in [0.2, 0.25) is 0 Å². The zero-order valence-electron chi connectivity index (χ0n) is 8.60. The van der Waals surface area contributed by atoms with Gasteiger partial charge < -0.3 is 4.90 Å². The van der Waals surface area contributed by atoms with Gasteiger partial charge in [0.15, 0.2) is 0 Å². The average molecular weight is 202 g/mol. The summed E-state index contributed by atoms with van der Waals surface area (Å²) in [6.45, 7) is 1.96. The minimum atomic E-state index is 0.237. The lowest BCUT2D eigenvalue weighted by atomic mass is 10.2. The van der Waals surface area contributed by atoms with Crippen LogP contribution in [0.5, 0.6) is 0 Å². The van der Waals surface area contributed by atoms with Gasteiger partial charge in [-0.05, 0) is 30.4 Å². The summed E-state index contributed by atoms with van der Waals surface area (Å²) >= 11 is 0. The molecule has 0 spiro atoms. The third kappa shape index (κ3) is 1.74. The van der Waals surface area contributed by atoms with E-state index in [4.69, 9.17) is 0 Å². The van der Waals surface area contributed by atoms with Crippen LogP contribution in [0.1, 0.15) is 12.1 Å². The molecular formula is C12H14N2O. The Bertz CT molecular complexity index is 366. The lowest BCUT2D eigenvalue weighted by Crippen LogP contribution is -2.31. The molecular weight excluding hydrogens is 188 g/mol. The van der Waals surface area contributed by atoms with Gasteiger partial charge in [-0.2, -0.15) is 0 Å². The number of hydrogen-bond donors (Lipinski definition) is 0. The molecule has 2 aliphatic rings. The van der Waals surface area contributed by atoms with Crippen LogP contribution in [0.4, 0.5) is 0 Å². The third-order valence-corrected chi connectivity index (χ3v) is 3.39. The molecule has 3 heteroatoms. The lowest BCUT2D eigenvalue weighted by Gasteiger charge is -2.17. The van der Waals surface area contributed by atoms with Gasteiger partial charge in [0, 0.05) is 25.0 Å². The summed E-state index contributed by atoms with van der Waals surface area (Å²) in [6, 6.07) is 5.71. The van der Waals surface area contributed by atoms with E-state index in [2.05, 4.69) is 4.98 Å². The summed E-state index contributed by atoms with van der Waals surface area (Å²) in [4.78, 5) is 18.0. The molecule has 1 saturated heterocycles. The summed E-state index contributed by atoms with van der Waals surface area (Å²) in [5.41, 5.74) is 0.878. The molecule has 78 valence electrons. The summed E-state index contributed by atoms with van der Waals surface area (Å²) < 4.78 is 0. The molecule has 15 heavy (non-hydrogen) atoms. The minimum Gasteiger partial charge on any atom is -0.342 e. The largest absolute Gasteiger partial charge is 0.342 e. The van der Waals surface area contributed by atoms with E-state index < -0.39 is 0 Å². The molecule has 2 atom stereocenters. The minimum absolute atomic E-state index is 0.237. The summed E-state index contributed by atoms with van der Waals surface area (Å²) in [5.74, 6) is 1.87. The number of amides is 1. The predicted molar refractivity (Wildman–Crippen MR) is 56.1 cm³/mol. The van der Waals surface area contributed by atoms with E-state index in [1.165, 1.54) is 6.42 Å². The second-order valence-corrected chi connectivity index (χ2v) is 4.55. The number of carbonyl (C=O) groups is 1. The Balaban J connectivity index is 1.61. The van der Waals surface area contributed by atoms with E-state index in [0.717, 1.165) is 30.6 Å². The van der Waals surface area contributed by atoms with Crippen molar-refractivity contribution in [2.45, 2.75) is 12.8 Å². The van der Waals surface area contributed by atoms with Crippen molar-refractivity contribution in [1.29, 1.82) is 0 Å². The molecule has 0 N–H and O–H groups in total. The van der Waals surface area contributed by atoms with Crippen molar-refractivity contribution in [2.75, 3.05) is 13.1 Å². The van der Waals surface area contributed by atoms with Crippen LogP contribution >= 0.6 is 0 Å². The smallest absolute Gasteiger partial charge is 0.228 e. The molecule has 2 fully saturated rings. The number of carbonyl (C=O) groups excluding carboxylic acids is 1. The zero-order chi connectivity index (χ0) is 10.3. The van der Waals surface area contributed by atoms with E-state index >= 15 is 0 Å². The zero-order valence-corrected chi connectivity index (χ0v) is 8.60. The third-order valence-electron chi connectivity index (χ3n) is 3.39. The van der Waals surface area contributed by atoms with Gasteiger partial charge in [-0.3, -0.25) is 9.78 Å². The molecule has 0 radical (unpaired) electrons. The van der Waals surface area contributed by atoms with Crippen molar-refractivity contribution in [3.8, 4) is 0 Å². The number of hydrogen-bond acceptors (Lipinski definition) is 2. The highest BCUT2D eigenvalue weighted by atomic mass is 16.2. The lowest BCUT2D eigenvalue weighted by molar-refractivity contribution is -0.130. The van der Waals surface area contributed by atoms with Crippen LogP contribution in [0.15, 0.2) is 24.4 Å². The maximum absolute atomic E-state index is 11.9. The fraction of sp³-hybridized carbons (Fsp3) is 0.500. The van der Waals surface area contributed by atoms with Crippen LogP contribution in [0.3, 0.4) is 0 Å². The molecule has 3 nitrogen and oxygen atoms in total. The molecule has 1 saturated carbocycles. The first-order chi connectivity index (χ1) is 7.33. The second-order valence-electron chi connectivity index (χ2n) is 4.55. The molecule has 1 amide bonds. The van der Waals surface area contributed by atoms with Gasteiger partial charge in [0.05, 0.1) is 6.42 Å². The van der Waals surface area contributed by atoms with Crippen LogP contribution in [-0.4, -0.2) is 28.9 Å². The first-order valence-corrected chi connectivity index (χ1v) is 5.50. The number of likely N-dealkylation sites (tertiary alicyclic amines) is 1. The monoisotopic (exact) mass is 202 g/mol. The molecule has 3 rings (SSSR count). The van der Waals surface area contributed by atoms with E-state index in [9.17, 15) is 4.79 Å². The molecule has 1 aromatic rings. The fourth-order valence-corrected chi connectivity index (χ4v) is 2.37. The summed E-state index contributed by atoms with van der Waals surface area (Å²) in [7, 11) is 0. The van der Waals surface area contributed by atoms with Crippen LogP contribution in [0.25, 0.3) is 0 Å². The average Bonchev–Trinajstić information content (AvgIpc) is 2.87. The van der Waals surface area contributed by atoms with Crippen LogP contribution in [0, 0.1) is 11.8 Å². The second kappa shape index (κ2) is 3.33. The number of aromatic nitrogens is 1. The summed E-state index contributed by atoms with van der Waals surface area (Å²) in [5, 5.41) is 0. The highest BCUT2D eigenvalue weighted by Gasteiger charge is 2.46. The number of rotatable bonds is 2. The standard InChI is InChI=1S/C12H14N2O/c15-12(6-11-3-1-2-4-13-11)14-7-9-5-10(9)8-14/h1-4,9-10H,5-8H2. The molecule has 2 unspecified atom stereocenters. The van der Waals surface area contributed by atoms with Gasteiger partial charge in [-0.15, -0.1) is 0 Å². The predicted octanol–water partition coefficient (Wildman–Crippen LogP) is 1.10. The van der Waals surface area contributed by atoms with Crippen LogP contribution in [-0.2, 0) is 11.2 Å². The molecule has 0 bridgehead atoms. The first kappa shape index (κ1) is 8.89. The molecule has 1 aromatic heterocycles. The Morgan fingerprint density at radius 2 is 2.20 bits per heavy atom. The molecule has 2 heterocycles. The Labute approximate surface area is 89.1 Å². The Hall–Kier alpha value is -1.38. The molecule has 1 aliphatic heterocycles. The molecule has 1 aliphatic carbocycles. The topological polar surface area (TPSA) is 33.2 Å². The molecule has 0 aromatic carbocycles. The van der Waals surface area contributed by atoms with Gasteiger partial charge in [-0.1, -0.05) is 6.07 Å². The van der Waals surface area contributed by atoms with Crippen molar-refractivity contribution in [2.24, 2.45) is 11.8 Å². The normalized spacial score (nSPS) is 27.6. The van der Waals surface area contributed by atoms with Crippen molar-refractivity contribution < 1.29 is 4.79 Å². The van der Waals surface area contributed by atoms with Crippen molar-refractivity contribution in [1.82, 2.24) is 9.88 Å². The fourth-order valence-electron chi connectivity index (χ4n) is 2.37. The van der Waals surface area contributed by atoms with Gasteiger partial charge in [0.2, 0.25) is 5.91 Å². The number of fused-ring (bicyclic) bond motifs is 1. The van der Waals surface area contributed by atoms with E-state index in [0.29, 0.717) is 6.42 Å². The van der Waals surface area contributed by atoms with Crippen LogP contribution < -0.4 is 0 Å². The van der Waals surface area contributed by atoms with Crippen molar-refractivity contribution in [3.63, 3.8) is 0 Å². The highest BCUT2D eigenvalue weighted by Crippen LogP contribution is 2.44. The van der Waals surface area contributed by atoms with Crippen molar-refractivity contribution in [3.05, 3.63) is 30.1 Å². The Morgan fingerprint density at radius 1 is 1.40 bits per heavy atom. The quantitative estimate of drug-likeness (QED) is 0.719. The highest BCUT2D eigenvalue weighted by molar-refractivity contribution is 5.78. The number of piperidine rings is 1. The SMILES string of the molecule is O=C(Cc1ccccn1)N1CC2CC2C1. The number of nitrogens with zero attached hydrogens (tertiary/aromatic N) is 2. The maximum atomic E-state index is 11.9. The Kier molecular flexibility index (Phi) is 1.97. The van der Waals surface area contributed by atoms with Crippen molar-refractivity contribution >= 4 is 5.91 Å². The van der Waals surface area contributed by atoms with Gasteiger partial charge in [-0.25, -0.2) is 0 Å². The Morgan fingerprint density at radius 3 is 2.87 bits per heavy atom. The van der Waals surface area contributed by atoms with Gasteiger partial charge in [0.1, 0.15) is 0 Å². The first-order valence-electron chi connectivity index (χ1n) is 5.50. The summed E-state index contributed by atoms with van der Waals surface area (Å²) in [6.07, 6.45) is 3.54. The van der Waals surface area contributed by atoms with E-state index in [1.54, 1.807) is 6.20 Å². The van der Waals surface area contributed by atoms with Gasteiger partial charge >= 0.3 is 0 Å². The number of pyridine rings is 1. The van der Waals surface area contributed by atoms with Gasteiger partial charge in [0.25, 0.3) is 0 Å².